The van der Waals surface area contributed by atoms with Crippen molar-refractivity contribution in [1.82, 2.24) is 4.90 Å². The van der Waals surface area contributed by atoms with Gasteiger partial charge in [0.05, 0.1) is 4.47 Å². The van der Waals surface area contributed by atoms with Gasteiger partial charge in [-0.3, -0.25) is 4.90 Å². The average Bonchev–Trinajstić information content (AvgIpc) is 2.48. The first-order valence-electron chi connectivity index (χ1n) is 7.08. The van der Waals surface area contributed by atoms with Crippen LogP contribution in [0, 0.1) is 0 Å². The number of hydrogen-bond acceptors (Lipinski definition) is 5. The summed E-state index contributed by atoms with van der Waals surface area (Å²) in [5.74, 6) is 2.68. The number of thioether (sulfide) groups is 1. The normalized spacial score (nSPS) is 16.9. The van der Waals surface area contributed by atoms with Crippen molar-refractivity contribution in [3.05, 3.63) is 22.2 Å². The van der Waals surface area contributed by atoms with E-state index in [9.17, 15) is 0 Å². The van der Waals surface area contributed by atoms with Crippen molar-refractivity contribution in [2.75, 3.05) is 38.8 Å². The Hall–Kier alpha value is -0.430. The summed E-state index contributed by atoms with van der Waals surface area (Å²) in [6.07, 6.45) is 2.13. The van der Waals surface area contributed by atoms with Crippen molar-refractivity contribution in [2.24, 2.45) is 5.73 Å². The van der Waals surface area contributed by atoms with Crippen LogP contribution in [0.5, 0.6) is 11.5 Å². The van der Waals surface area contributed by atoms with Gasteiger partial charge in [-0.15, -0.1) is 0 Å². The number of nitrogens with two attached hydrogens (primary N) is 1. The standard InChI is InChI=1S/C15H23BrN2O2S/c1-10(9-21-3)18(2)13(8-17)11-6-12(16)15-14(7-11)19-4-5-20-15/h6-7,10,13H,4-5,8-9,17H2,1-3H3. The molecule has 0 saturated carbocycles. The quantitative estimate of drug-likeness (QED) is 0.829. The average molecular weight is 375 g/mol. The SMILES string of the molecule is CSCC(C)N(C)C(CN)c1cc(Br)c2c(c1)OCCO2. The van der Waals surface area contributed by atoms with Crippen LogP contribution in [0.25, 0.3) is 0 Å². The summed E-state index contributed by atoms with van der Waals surface area (Å²) in [4.78, 5) is 2.33. The lowest BCUT2D eigenvalue weighted by atomic mass is 10.0. The Morgan fingerprint density at radius 1 is 1.38 bits per heavy atom. The largest absolute Gasteiger partial charge is 0.486 e. The molecule has 0 aromatic heterocycles. The molecule has 0 amide bonds. The van der Waals surface area contributed by atoms with Crippen LogP contribution in [0.2, 0.25) is 0 Å². The smallest absolute Gasteiger partial charge is 0.175 e. The Bertz CT molecular complexity index is 487. The fraction of sp³-hybridized carbons (Fsp3) is 0.600. The number of hydrogen-bond donors (Lipinski definition) is 1. The molecule has 0 spiro atoms. The first kappa shape index (κ1) is 16.9. The van der Waals surface area contributed by atoms with E-state index in [0.717, 1.165) is 27.3 Å². The van der Waals surface area contributed by atoms with Crippen LogP contribution in [0.1, 0.15) is 18.5 Å². The van der Waals surface area contributed by atoms with Gasteiger partial charge in [0.1, 0.15) is 13.2 Å². The van der Waals surface area contributed by atoms with Gasteiger partial charge in [-0.05, 0) is 53.9 Å². The van der Waals surface area contributed by atoms with Gasteiger partial charge in [0, 0.05) is 24.4 Å². The summed E-state index contributed by atoms with van der Waals surface area (Å²) in [6, 6.07) is 4.77. The lowest BCUT2D eigenvalue weighted by molar-refractivity contribution is 0.168. The second kappa shape index (κ2) is 7.72. The summed E-state index contributed by atoms with van der Waals surface area (Å²) >= 11 is 5.43. The van der Waals surface area contributed by atoms with Crippen LogP contribution in [0.3, 0.4) is 0 Å². The van der Waals surface area contributed by atoms with Crippen molar-refractivity contribution in [3.63, 3.8) is 0 Å². The third-order valence-electron chi connectivity index (χ3n) is 3.82. The highest BCUT2D eigenvalue weighted by Gasteiger charge is 2.24. The molecular formula is C15H23BrN2O2S. The molecular weight excluding hydrogens is 352 g/mol. The van der Waals surface area contributed by atoms with E-state index in [0.29, 0.717) is 25.8 Å². The van der Waals surface area contributed by atoms with E-state index in [1.54, 1.807) is 0 Å². The van der Waals surface area contributed by atoms with Crippen molar-refractivity contribution in [3.8, 4) is 11.5 Å². The predicted octanol–water partition coefficient (Wildman–Crippen LogP) is 2.90. The Morgan fingerprint density at radius 3 is 2.76 bits per heavy atom. The number of fused-ring (bicyclic) bond motifs is 1. The highest BCUT2D eigenvalue weighted by Crippen LogP contribution is 2.40. The van der Waals surface area contributed by atoms with E-state index in [-0.39, 0.29) is 6.04 Å². The van der Waals surface area contributed by atoms with Crippen LogP contribution >= 0.6 is 27.7 Å². The predicted molar refractivity (Wildman–Crippen MR) is 92.5 cm³/mol. The Kier molecular flexibility index (Phi) is 6.22. The molecule has 0 bridgehead atoms. The molecule has 0 saturated heterocycles. The van der Waals surface area contributed by atoms with Gasteiger partial charge in [-0.2, -0.15) is 11.8 Å². The molecule has 0 aliphatic carbocycles. The zero-order valence-corrected chi connectivity index (χ0v) is 15.2. The molecule has 2 N–H and O–H groups in total. The highest BCUT2D eigenvalue weighted by molar-refractivity contribution is 9.10. The lowest BCUT2D eigenvalue weighted by Crippen LogP contribution is -2.38. The molecule has 0 radical (unpaired) electrons. The van der Waals surface area contributed by atoms with Gasteiger partial charge in [-0.1, -0.05) is 0 Å². The minimum absolute atomic E-state index is 0.166. The van der Waals surface area contributed by atoms with Gasteiger partial charge >= 0.3 is 0 Å². The Labute approximate surface area is 139 Å². The summed E-state index contributed by atoms with van der Waals surface area (Å²) < 4.78 is 12.3. The van der Waals surface area contributed by atoms with Crippen LogP contribution in [-0.4, -0.2) is 49.8 Å². The molecule has 2 unspecified atom stereocenters. The molecule has 1 aromatic carbocycles. The van der Waals surface area contributed by atoms with Gasteiger partial charge in [0.15, 0.2) is 11.5 Å². The maximum absolute atomic E-state index is 6.03. The molecule has 1 aliphatic heterocycles. The van der Waals surface area contributed by atoms with E-state index in [1.165, 1.54) is 0 Å². The van der Waals surface area contributed by atoms with Gasteiger partial charge < -0.3 is 15.2 Å². The number of halogens is 1. The molecule has 2 rings (SSSR count). The van der Waals surface area contributed by atoms with Crippen molar-refractivity contribution in [1.29, 1.82) is 0 Å². The van der Waals surface area contributed by atoms with Crippen LogP contribution in [0.4, 0.5) is 0 Å². The van der Waals surface area contributed by atoms with Crippen molar-refractivity contribution >= 4 is 27.7 Å². The minimum Gasteiger partial charge on any atom is -0.486 e. The minimum atomic E-state index is 0.166. The highest BCUT2D eigenvalue weighted by atomic mass is 79.9. The fourth-order valence-corrected chi connectivity index (χ4v) is 3.82. The molecule has 1 heterocycles. The van der Waals surface area contributed by atoms with Crippen LogP contribution < -0.4 is 15.2 Å². The van der Waals surface area contributed by atoms with Gasteiger partial charge in [0.25, 0.3) is 0 Å². The first-order valence-corrected chi connectivity index (χ1v) is 9.27. The summed E-state index contributed by atoms with van der Waals surface area (Å²) in [5, 5.41) is 0. The van der Waals surface area contributed by atoms with Gasteiger partial charge in [0.2, 0.25) is 0 Å². The zero-order valence-electron chi connectivity index (χ0n) is 12.8. The van der Waals surface area contributed by atoms with Crippen LogP contribution in [-0.2, 0) is 0 Å². The molecule has 1 aromatic rings. The molecule has 0 fully saturated rings. The van der Waals surface area contributed by atoms with E-state index in [4.69, 9.17) is 15.2 Å². The fourth-order valence-electron chi connectivity index (χ4n) is 2.53. The van der Waals surface area contributed by atoms with Crippen LogP contribution in [0.15, 0.2) is 16.6 Å². The molecule has 4 nitrogen and oxygen atoms in total. The second-order valence-electron chi connectivity index (χ2n) is 5.25. The Balaban J connectivity index is 2.27. The summed E-state index contributed by atoms with van der Waals surface area (Å²) in [5.41, 5.74) is 7.19. The molecule has 21 heavy (non-hydrogen) atoms. The number of likely N-dealkylation sites (N-methyl/N-ethyl adjacent to an activating group) is 1. The van der Waals surface area contributed by atoms with E-state index >= 15 is 0 Å². The molecule has 6 heteroatoms. The number of benzene rings is 1. The summed E-state index contributed by atoms with van der Waals surface area (Å²) in [6.45, 7) is 3.98. The van der Waals surface area contributed by atoms with Crippen molar-refractivity contribution in [2.45, 2.75) is 19.0 Å². The number of nitrogens with zero attached hydrogens (tertiary/aromatic N) is 1. The second-order valence-corrected chi connectivity index (χ2v) is 7.01. The number of ether oxygens (including phenoxy) is 2. The molecule has 1 aliphatic rings. The first-order chi connectivity index (χ1) is 10.1. The van der Waals surface area contributed by atoms with Crippen molar-refractivity contribution < 1.29 is 9.47 Å². The summed E-state index contributed by atoms with van der Waals surface area (Å²) in [7, 11) is 2.13. The number of rotatable bonds is 6. The third kappa shape index (κ3) is 3.86. The zero-order chi connectivity index (χ0) is 15.4. The third-order valence-corrected chi connectivity index (χ3v) is 5.23. The van der Waals surface area contributed by atoms with Gasteiger partial charge in [-0.25, -0.2) is 0 Å². The topological polar surface area (TPSA) is 47.7 Å². The maximum Gasteiger partial charge on any atom is 0.175 e. The monoisotopic (exact) mass is 374 g/mol. The van der Waals surface area contributed by atoms with E-state index in [1.807, 2.05) is 11.8 Å². The molecule has 2 atom stereocenters. The maximum atomic E-state index is 6.03. The lowest BCUT2D eigenvalue weighted by Gasteiger charge is -2.33. The van der Waals surface area contributed by atoms with E-state index in [2.05, 4.69) is 53.2 Å². The molecule has 118 valence electrons. The Morgan fingerprint density at radius 2 is 2.10 bits per heavy atom. The van der Waals surface area contributed by atoms with E-state index < -0.39 is 0 Å².